The summed E-state index contributed by atoms with van der Waals surface area (Å²) in [5.74, 6) is -0.0153. The zero-order valence-electron chi connectivity index (χ0n) is 11.6. The number of hydrogen-bond donors (Lipinski definition) is 2. The van der Waals surface area contributed by atoms with Crippen LogP contribution in [-0.4, -0.2) is 47.2 Å². The van der Waals surface area contributed by atoms with E-state index in [0.717, 1.165) is 30.5 Å². The molecule has 0 bridgehead atoms. The molecule has 5 heteroatoms. The van der Waals surface area contributed by atoms with Gasteiger partial charge < -0.3 is 10.2 Å². The molecule has 106 valence electrons. The Bertz CT molecular complexity index is 586. The van der Waals surface area contributed by atoms with Gasteiger partial charge in [0.2, 0.25) is 0 Å². The molecule has 1 fully saturated rings. The summed E-state index contributed by atoms with van der Waals surface area (Å²) in [5.41, 5.74) is 1.58. The summed E-state index contributed by atoms with van der Waals surface area (Å²) in [6.07, 6.45) is 5.66. The fourth-order valence-corrected chi connectivity index (χ4v) is 2.69. The molecule has 1 saturated heterocycles. The highest BCUT2D eigenvalue weighted by Gasteiger charge is 2.11. The van der Waals surface area contributed by atoms with Gasteiger partial charge in [-0.05, 0) is 38.1 Å². The standard InChI is InChI=1S/C15H20N4O/c20-15(16-6-9-19-7-2-1-3-8-19)12-4-5-13-11-17-18-14(13)10-12/h4-5,10-11H,1-3,6-9H2,(H,16,20)(H,17,18). The Morgan fingerprint density at radius 3 is 3.00 bits per heavy atom. The van der Waals surface area contributed by atoms with Crippen LogP contribution in [0.4, 0.5) is 0 Å². The number of amides is 1. The highest BCUT2D eigenvalue weighted by molar-refractivity contribution is 5.97. The van der Waals surface area contributed by atoms with Gasteiger partial charge in [0, 0.05) is 24.0 Å². The Labute approximate surface area is 118 Å². The number of aromatic nitrogens is 2. The number of fused-ring (bicyclic) bond motifs is 1. The van der Waals surface area contributed by atoms with Crippen molar-refractivity contribution in [1.29, 1.82) is 0 Å². The topological polar surface area (TPSA) is 61.0 Å². The van der Waals surface area contributed by atoms with Crippen molar-refractivity contribution in [2.24, 2.45) is 0 Å². The molecular formula is C15H20N4O. The third-order valence-corrected chi connectivity index (χ3v) is 3.87. The van der Waals surface area contributed by atoms with E-state index in [2.05, 4.69) is 20.4 Å². The average molecular weight is 272 g/mol. The highest BCUT2D eigenvalue weighted by atomic mass is 16.1. The largest absolute Gasteiger partial charge is 0.351 e. The van der Waals surface area contributed by atoms with Gasteiger partial charge in [-0.25, -0.2) is 0 Å². The van der Waals surface area contributed by atoms with E-state index in [1.165, 1.54) is 19.3 Å². The molecule has 2 N–H and O–H groups in total. The van der Waals surface area contributed by atoms with E-state index in [0.29, 0.717) is 12.1 Å². The quantitative estimate of drug-likeness (QED) is 0.892. The molecule has 0 radical (unpaired) electrons. The SMILES string of the molecule is O=C(NCCN1CCCCC1)c1ccc2cn[nH]c2c1. The molecule has 1 aromatic carbocycles. The third-order valence-electron chi connectivity index (χ3n) is 3.87. The summed E-state index contributed by atoms with van der Waals surface area (Å²) in [5, 5.41) is 10.9. The van der Waals surface area contributed by atoms with Crippen molar-refractivity contribution in [3.8, 4) is 0 Å². The van der Waals surface area contributed by atoms with E-state index in [-0.39, 0.29) is 5.91 Å². The minimum absolute atomic E-state index is 0.0153. The van der Waals surface area contributed by atoms with Crippen molar-refractivity contribution < 1.29 is 4.79 Å². The lowest BCUT2D eigenvalue weighted by Gasteiger charge is -2.26. The van der Waals surface area contributed by atoms with Crippen LogP contribution >= 0.6 is 0 Å². The molecule has 1 aliphatic heterocycles. The lowest BCUT2D eigenvalue weighted by atomic mass is 10.1. The maximum absolute atomic E-state index is 12.1. The molecular weight excluding hydrogens is 252 g/mol. The Morgan fingerprint density at radius 1 is 1.30 bits per heavy atom. The second-order valence-electron chi connectivity index (χ2n) is 5.33. The number of rotatable bonds is 4. The molecule has 1 amide bonds. The number of carbonyl (C=O) groups is 1. The third kappa shape index (κ3) is 2.99. The number of nitrogens with zero attached hydrogens (tertiary/aromatic N) is 2. The van der Waals surface area contributed by atoms with Crippen LogP contribution in [0.5, 0.6) is 0 Å². The smallest absolute Gasteiger partial charge is 0.251 e. The molecule has 0 atom stereocenters. The molecule has 2 heterocycles. The van der Waals surface area contributed by atoms with Crippen molar-refractivity contribution >= 4 is 16.8 Å². The van der Waals surface area contributed by atoms with Crippen molar-refractivity contribution in [2.45, 2.75) is 19.3 Å². The van der Waals surface area contributed by atoms with Crippen molar-refractivity contribution in [2.75, 3.05) is 26.2 Å². The zero-order chi connectivity index (χ0) is 13.8. The van der Waals surface area contributed by atoms with Crippen LogP contribution in [0.2, 0.25) is 0 Å². The van der Waals surface area contributed by atoms with Crippen LogP contribution in [0, 0.1) is 0 Å². The first-order chi connectivity index (χ1) is 9.83. The Balaban J connectivity index is 1.53. The van der Waals surface area contributed by atoms with Gasteiger partial charge >= 0.3 is 0 Å². The van der Waals surface area contributed by atoms with E-state index in [1.54, 1.807) is 6.20 Å². The first kappa shape index (κ1) is 13.1. The second kappa shape index (κ2) is 6.05. The summed E-state index contributed by atoms with van der Waals surface area (Å²) in [7, 11) is 0. The van der Waals surface area contributed by atoms with Crippen LogP contribution < -0.4 is 5.32 Å². The van der Waals surface area contributed by atoms with Gasteiger partial charge in [0.05, 0.1) is 11.7 Å². The number of benzene rings is 1. The van der Waals surface area contributed by atoms with Crippen molar-refractivity contribution in [3.05, 3.63) is 30.0 Å². The summed E-state index contributed by atoms with van der Waals surface area (Å²) < 4.78 is 0. The van der Waals surface area contributed by atoms with Crippen LogP contribution in [0.25, 0.3) is 10.9 Å². The molecule has 20 heavy (non-hydrogen) atoms. The molecule has 3 rings (SSSR count). The Kier molecular flexibility index (Phi) is 3.97. The van der Waals surface area contributed by atoms with Crippen LogP contribution in [0.1, 0.15) is 29.6 Å². The summed E-state index contributed by atoms with van der Waals surface area (Å²) in [4.78, 5) is 14.5. The summed E-state index contributed by atoms with van der Waals surface area (Å²) in [6, 6.07) is 5.60. The van der Waals surface area contributed by atoms with Crippen LogP contribution in [0.15, 0.2) is 24.4 Å². The first-order valence-corrected chi connectivity index (χ1v) is 7.26. The van der Waals surface area contributed by atoms with Gasteiger partial charge in [-0.2, -0.15) is 5.10 Å². The normalized spacial score (nSPS) is 16.4. The number of hydrogen-bond acceptors (Lipinski definition) is 3. The number of aromatic amines is 1. The average Bonchev–Trinajstić information content (AvgIpc) is 2.95. The predicted molar refractivity (Wildman–Crippen MR) is 78.7 cm³/mol. The van der Waals surface area contributed by atoms with Crippen molar-refractivity contribution in [3.63, 3.8) is 0 Å². The molecule has 0 saturated carbocycles. The molecule has 0 aliphatic carbocycles. The number of piperidine rings is 1. The van der Waals surface area contributed by atoms with E-state index < -0.39 is 0 Å². The molecule has 2 aromatic rings. The number of likely N-dealkylation sites (tertiary alicyclic amines) is 1. The molecule has 1 aliphatic rings. The van der Waals surface area contributed by atoms with Gasteiger partial charge in [-0.15, -0.1) is 0 Å². The van der Waals surface area contributed by atoms with Crippen LogP contribution in [-0.2, 0) is 0 Å². The van der Waals surface area contributed by atoms with E-state index in [1.807, 2.05) is 18.2 Å². The van der Waals surface area contributed by atoms with Gasteiger partial charge in [-0.1, -0.05) is 12.5 Å². The summed E-state index contributed by atoms with van der Waals surface area (Å²) in [6.45, 7) is 3.98. The molecule has 1 aromatic heterocycles. The highest BCUT2D eigenvalue weighted by Crippen LogP contribution is 2.12. The maximum atomic E-state index is 12.1. The molecule has 5 nitrogen and oxygen atoms in total. The van der Waals surface area contributed by atoms with E-state index in [4.69, 9.17) is 0 Å². The van der Waals surface area contributed by atoms with Gasteiger partial charge in [0.1, 0.15) is 0 Å². The van der Waals surface area contributed by atoms with Crippen molar-refractivity contribution in [1.82, 2.24) is 20.4 Å². The number of H-pyrrole nitrogens is 1. The van der Waals surface area contributed by atoms with Gasteiger partial charge in [-0.3, -0.25) is 9.89 Å². The summed E-state index contributed by atoms with van der Waals surface area (Å²) >= 11 is 0. The molecule has 0 spiro atoms. The fourth-order valence-electron chi connectivity index (χ4n) is 2.69. The molecule has 0 unspecified atom stereocenters. The number of carbonyl (C=O) groups excluding carboxylic acids is 1. The number of nitrogens with one attached hydrogen (secondary N) is 2. The predicted octanol–water partition coefficient (Wildman–Crippen LogP) is 1.78. The Hall–Kier alpha value is -1.88. The second-order valence-corrected chi connectivity index (χ2v) is 5.33. The zero-order valence-corrected chi connectivity index (χ0v) is 11.6. The van der Waals surface area contributed by atoms with Gasteiger partial charge in [0.25, 0.3) is 5.91 Å². The lowest BCUT2D eigenvalue weighted by molar-refractivity contribution is 0.0946. The van der Waals surface area contributed by atoms with E-state index in [9.17, 15) is 4.79 Å². The van der Waals surface area contributed by atoms with Crippen LogP contribution in [0.3, 0.4) is 0 Å². The van der Waals surface area contributed by atoms with Gasteiger partial charge in [0.15, 0.2) is 0 Å². The van der Waals surface area contributed by atoms with E-state index >= 15 is 0 Å². The first-order valence-electron chi connectivity index (χ1n) is 7.26. The fraction of sp³-hybridized carbons (Fsp3) is 0.467. The monoisotopic (exact) mass is 272 g/mol. The lowest BCUT2D eigenvalue weighted by Crippen LogP contribution is -2.37. The maximum Gasteiger partial charge on any atom is 0.251 e. The Morgan fingerprint density at radius 2 is 2.15 bits per heavy atom. The minimum Gasteiger partial charge on any atom is -0.351 e. The minimum atomic E-state index is -0.0153.